The number of ether oxygens (including phenoxy) is 1. The molecule has 1 aliphatic heterocycles. The maximum atomic E-state index is 5.91. The van der Waals surface area contributed by atoms with E-state index >= 15 is 0 Å². The van der Waals surface area contributed by atoms with Crippen LogP contribution in [0, 0.1) is 13.8 Å². The number of hydrogen-bond acceptors (Lipinski definition) is 3. The third-order valence-corrected chi connectivity index (χ3v) is 4.15. The van der Waals surface area contributed by atoms with Gasteiger partial charge in [-0.2, -0.15) is 0 Å². The van der Waals surface area contributed by atoms with Crippen molar-refractivity contribution >= 4 is 0 Å². The van der Waals surface area contributed by atoms with Gasteiger partial charge in [-0.3, -0.25) is 0 Å². The van der Waals surface area contributed by atoms with Crippen LogP contribution >= 0.6 is 0 Å². The first-order valence-electron chi connectivity index (χ1n) is 7.78. The highest BCUT2D eigenvalue weighted by atomic mass is 16.5. The van der Waals surface area contributed by atoms with Crippen LogP contribution in [0.1, 0.15) is 30.4 Å². The first-order valence-corrected chi connectivity index (χ1v) is 7.78. The average molecular weight is 276 g/mol. The fourth-order valence-corrected chi connectivity index (χ4v) is 2.75. The van der Waals surface area contributed by atoms with Crippen molar-refractivity contribution in [3.63, 3.8) is 0 Å². The van der Waals surface area contributed by atoms with Crippen LogP contribution in [0.15, 0.2) is 18.2 Å². The molecule has 20 heavy (non-hydrogen) atoms. The molecular formula is C17H28N2O. The molecule has 1 aromatic carbocycles. The van der Waals surface area contributed by atoms with Crippen LogP contribution in [0.2, 0.25) is 0 Å². The van der Waals surface area contributed by atoms with Gasteiger partial charge in [0.05, 0.1) is 6.61 Å². The molecule has 2 rings (SSSR count). The molecule has 1 aromatic rings. The predicted molar refractivity (Wildman–Crippen MR) is 84.5 cm³/mol. The molecule has 3 nitrogen and oxygen atoms in total. The number of hydrogen-bond donors (Lipinski definition) is 1. The Balaban J connectivity index is 1.69. The van der Waals surface area contributed by atoms with Crippen molar-refractivity contribution in [2.45, 2.75) is 39.2 Å². The molecule has 0 bridgehead atoms. The standard InChI is InChI=1S/C17H28N2O/c1-14-7-8-15(2)17(12-14)20-11-5-10-19(3)16-6-4-9-18-13-16/h7-8,12,16,18H,4-6,9-11,13H2,1-3H3. The topological polar surface area (TPSA) is 24.5 Å². The highest BCUT2D eigenvalue weighted by Gasteiger charge is 2.16. The van der Waals surface area contributed by atoms with Gasteiger partial charge in [-0.05, 0) is 63.9 Å². The van der Waals surface area contributed by atoms with Gasteiger partial charge in [-0.25, -0.2) is 0 Å². The summed E-state index contributed by atoms with van der Waals surface area (Å²) in [6.07, 6.45) is 3.70. The zero-order valence-electron chi connectivity index (χ0n) is 13.1. The van der Waals surface area contributed by atoms with Crippen LogP contribution in [0.25, 0.3) is 0 Å². The number of rotatable bonds is 6. The number of nitrogens with zero attached hydrogens (tertiary/aromatic N) is 1. The van der Waals surface area contributed by atoms with E-state index in [-0.39, 0.29) is 0 Å². The van der Waals surface area contributed by atoms with E-state index < -0.39 is 0 Å². The van der Waals surface area contributed by atoms with Crippen molar-refractivity contribution < 1.29 is 4.74 Å². The molecule has 0 aromatic heterocycles. The van der Waals surface area contributed by atoms with Gasteiger partial charge in [-0.15, -0.1) is 0 Å². The Morgan fingerprint density at radius 2 is 2.20 bits per heavy atom. The Bertz CT molecular complexity index is 413. The lowest BCUT2D eigenvalue weighted by Crippen LogP contribution is -2.44. The minimum Gasteiger partial charge on any atom is -0.493 e. The maximum Gasteiger partial charge on any atom is 0.122 e. The molecule has 1 unspecified atom stereocenters. The molecule has 1 aliphatic rings. The normalized spacial score (nSPS) is 19.3. The summed E-state index contributed by atoms with van der Waals surface area (Å²) in [5, 5.41) is 3.47. The molecule has 0 amide bonds. The van der Waals surface area contributed by atoms with Crippen LogP contribution in [0.3, 0.4) is 0 Å². The highest BCUT2D eigenvalue weighted by Crippen LogP contribution is 2.19. The Morgan fingerprint density at radius 1 is 1.35 bits per heavy atom. The van der Waals surface area contributed by atoms with E-state index in [1.807, 2.05) is 0 Å². The van der Waals surface area contributed by atoms with Gasteiger partial charge in [0.2, 0.25) is 0 Å². The second kappa shape index (κ2) is 7.65. The molecule has 3 heteroatoms. The fraction of sp³-hybridized carbons (Fsp3) is 0.647. The average Bonchev–Trinajstić information content (AvgIpc) is 2.47. The second-order valence-electron chi connectivity index (χ2n) is 5.95. The van der Waals surface area contributed by atoms with Crippen LogP contribution in [-0.2, 0) is 0 Å². The summed E-state index contributed by atoms with van der Waals surface area (Å²) in [5.41, 5.74) is 2.48. The molecule has 1 heterocycles. The third-order valence-electron chi connectivity index (χ3n) is 4.15. The van der Waals surface area contributed by atoms with Crippen LogP contribution in [0.5, 0.6) is 5.75 Å². The van der Waals surface area contributed by atoms with E-state index in [2.05, 4.69) is 49.3 Å². The third kappa shape index (κ3) is 4.50. The smallest absolute Gasteiger partial charge is 0.122 e. The van der Waals surface area contributed by atoms with E-state index in [4.69, 9.17) is 4.74 Å². The molecule has 0 aliphatic carbocycles. The molecule has 1 atom stereocenters. The lowest BCUT2D eigenvalue weighted by atomic mass is 10.1. The van der Waals surface area contributed by atoms with Crippen molar-refractivity contribution in [2.75, 3.05) is 33.3 Å². The number of likely N-dealkylation sites (N-methyl/N-ethyl adjacent to an activating group) is 1. The second-order valence-corrected chi connectivity index (χ2v) is 5.95. The van der Waals surface area contributed by atoms with E-state index in [1.54, 1.807) is 0 Å². The van der Waals surface area contributed by atoms with Crippen molar-refractivity contribution in [3.05, 3.63) is 29.3 Å². The first-order chi connectivity index (χ1) is 9.66. The summed E-state index contributed by atoms with van der Waals surface area (Å²) >= 11 is 0. The lowest BCUT2D eigenvalue weighted by molar-refractivity contribution is 0.186. The fourth-order valence-electron chi connectivity index (χ4n) is 2.75. The Hall–Kier alpha value is -1.06. The SMILES string of the molecule is Cc1ccc(C)c(OCCCN(C)C2CCCNC2)c1. The van der Waals surface area contributed by atoms with Crippen LogP contribution in [0.4, 0.5) is 0 Å². The Morgan fingerprint density at radius 3 is 2.95 bits per heavy atom. The quantitative estimate of drug-likeness (QED) is 0.809. The maximum absolute atomic E-state index is 5.91. The van der Waals surface area contributed by atoms with Crippen LogP contribution in [-0.4, -0.2) is 44.2 Å². The first kappa shape index (κ1) is 15.3. The van der Waals surface area contributed by atoms with E-state index in [9.17, 15) is 0 Å². The zero-order chi connectivity index (χ0) is 14.4. The number of benzene rings is 1. The van der Waals surface area contributed by atoms with Gasteiger partial charge in [0.15, 0.2) is 0 Å². The van der Waals surface area contributed by atoms with E-state index in [1.165, 1.54) is 30.5 Å². The minimum absolute atomic E-state index is 0.699. The lowest BCUT2D eigenvalue weighted by Gasteiger charge is -2.31. The number of piperidine rings is 1. The van der Waals surface area contributed by atoms with Gasteiger partial charge in [0, 0.05) is 19.1 Å². The molecule has 0 spiro atoms. The molecule has 1 fully saturated rings. The van der Waals surface area contributed by atoms with Gasteiger partial charge in [0.25, 0.3) is 0 Å². The van der Waals surface area contributed by atoms with Gasteiger partial charge in [-0.1, -0.05) is 12.1 Å². The van der Waals surface area contributed by atoms with Gasteiger partial charge < -0.3 is 15.0 Å². The zero-order valence-corrected chi connectivity index (χ0v) is 13.1. The number of nitrogens with one attached hydrogen (secondary N) is 1. The molecule has 0 saturated carbocycles. The molecule has 1 N–H and O–H groups in total. The monoisotopic (exact) mass is 276 g/mol. The van der Waals surface area contributed by atoms with Crippen molar-refractivity contribution in [2.24, 2.45) is 0 Å². The summed E-state index contributed by atoms with van der Waals surface area (Å²) in [6, 6.07) is 7.09. The predicted octanol–water partition coefficient (Wildman–Crippen LogP) is 2.76. The largest absolute Gasteiger partial charge is 0.493 e. The van der Waals surface area contributed by atoms with E-state index in [0.717, 1.165) is 31.9 Å². The summed E-state index contributed by atoms with van der Waals surface area (Å²) in [7, 11) is 2.23. The minimum atomic E-state index is 0.699. The summed E-state index contributed by atoms with van der Waals surface area (Å²) in [4.78, 5) is 2.47. The van der Waals surface area contributed by atoms with Crippen LogP contribution < -0.4 is 10.1 Å². The van der Waals surface area contributed by atoms with E-state index in [0.29, 0.717) is 6.04 Å². The molecule has 1 saturated heterocycles. The summed E-state index contributed by atoms with van der Waals surface area (Å²) < 4.78 is 5.91. The number of aryl methyl sites for hydroxylation is 2. The summed E-state index contributed by atoms with van der Waals surface area (Å²) in [5.74, 6) is 1.03. The molecule has 112 valence electrons. The molecule has 0 radical (unpaired) electrons. The van der Waals surface area contributed by atoms with Gasteiger partial charge >= 0.3 is 0 Å². The summed E-state index contributed by atoms with van der Waals surface area (Å²) in [6.45, 7) is 8.44. The Kier molecular flexibility index (Phi) is 5.86. The van der Waals surface area contributed by atoms with Crippen molar-refractivity contribution in [1.29, 1.82) is 0 Å². The highest BCUT2D eigenvalue weighted by molar-refractivity contribution is 5.35. The van der Waals surface area contributed by atoms with Gasteiger partial charge in [0.1, 0.15) is 5.75 Å². The Labute approximate surface area is 123 Å². The van der Waals surface area contributed by atoms with Crippen molar-refractivity contribution in [3.8, 4) is 5.75 Å². The van der Waals surface area contributed by atoms with Crippen molar-refractivity contribution in [1.82, 2.24) is 10.2 Å². The molecular weight excluding hydrogens is 248 g/mol.